The summed E-state index contributed by atoms with van der Waals surface area (Å²) in [6, 6.07) is 6.41. The molecule has 22 heavy (non-hydrogen) atoms. The van der Waals surface area contributed by atoms with Crippen LogP contribution in [0.15, 0.2) is 36.7 Å². The molecule has 0 saturated carbocycles. The molecule has 1 amide bonds. The Kier molecular flexibility index (Phi) is 4.57. The fourth-order valence-electron chi connectivity index (χ4n) is 2.33. The maximum Gasteiger partial charge on any atom is 0.256 e. The average molecular weight is 357 g/mol. The van der Waals surface area contributed by atoms with Crippen LogP contribution in [0.2, 0.25) is 10.0 Å². The van der Waals surface area contributed by atoms with Crippen LogP contribution in [0.5, 0.6) is 0 Å². The van der Waals surface area contributed by atoms with Crippen LogP contribution in [-0.4, -0.2) is 28.1 Å². The maximum atomic E-state index is 13.3. The van der Waals surface area contributed by atoms with E-state index in [1.54, 1.807) is 28.8 Å². The van der Waals surface area contributed by atoms with Crippen molar-refractivity contribution in [1.82, 2.24) is 9.88 Å². The molecule has 2 heterocycles. The number of hydrogen-bond donors (Lipinski definition) is 0. The van der Waals surface area contributed by atoms with Crippen molar-refractivity contribution in [3.63, 3.8) is 0 Å². The number of aromatic nitrogens is 1. The summed E-state index contributed by atoms with van der Waals surface area (Å²) in [5.74, 6) is 0.00441. The minimum absolute atomic E-state index is 0.208. The molecule has 1 aliphatic heterocycles. The van der Waals surface area contributed by atoms with E-state index in [0.717, 1.165) is 17.5 Å². The third-order valence-corrected chi connectivity index (χ3v) is 5.14. The third kappa shape index (κ3) is 3.07. The predicted octanol–water partition coefficient (Wildman–Crippen LogP) is 4.42. The van der Waals surface area contributed by atoms with Crippen molar-refractivity contribution < 1.29 is 9.18 Å². The number of carbonyl (C=O) groups excluding carboxylic acids is 1. The average Bonchev–Trinajstić information content (AvgIpc) is 2.95. The molecule has 1 saturated heterocycles. The molecule has 114 valence electrons. The lowest BCUT2D eigenvalue weighted by atomic mass is 10.1. The minimum Gasteiger partial charge on any atom is -0.322 e. The maximum absolute atomic E-state index is 13.3. The van der Waals surface area contributed by atoms with E-state index in [4.69, 9.17) is 23.2 Å². The number of nitrogens with zero attached hydrogens (tertiary/aromatic N) is 2. The van der Waals surface area contributed by atoms with Gasteiger partial charge in [0.1, 0.15) is 11.2 Å². The normalized spacial score (nSPS) is 17.8. The van der Waals surface area contributed by atoms with Crippen LogP contribution in [0.25, 0.3) is 0 Å². The summed E-state index contributed by atoms with van der Waals surface area (Å²) >= 11 is 13.8. The number of hydrogen-bond acceptors (Lipinski definition) is 3. The van der Waals surface area contributed by atoms with E-state index in [9.17, 15) is 9.18 Å². The van der Waals surface area contributed by atoms with E-state index in [2.05, 4.69) is 4.98 Å². The number of amides is 1. The zero-order valence-electron chi connectivity index (χ0n) is 11.3. The van der Waals surface area contributed by atoms with Gasteiger partial charge >= 0.3 is 0 Å². The Bertz CT molecular complexity index is 728. The van der Waals surface area contributed by atoms with Crippen molar-refractivity contribution >= 4 is 40.9 Å². The van der Waals surface area contributed by atoms with Gasteiger partial charge in [0.2, 0.25) is 0 Å². The van der Waals surface area contributed by atoms with E-state index in [-0.39, 0.29) is 16.8 Å². The van der Waals surface area contributed by atoms with Crippen LogP contribution in [0.4, 0.5) is 4.39 Å². The molecule has 0 bridgehead atoms. The van der Waals surface area contributed by atoms with Crippen LogP contribution in [0, 0.1) is 5.82 Å². The Labute approximate surface area is 141 Å². The van der Waals surface area contributed by atoms with Gasteiger partial charge in [-0.25, -0.2) is 4.39 Å². The molecule has 3 nitrogen and oxygen atoms in total. The fraction of sp³-hybridized carbons (Fsp3) is 0.200. The second kappa shape index (κ2) is 6.44. The summed E-state index contributed by atoms with van der Waals surface area (Å²) in [5.41, 5.74) is 1.06. The van der Waals surface area contributed by atoms with E-state index in [1.807, 2.05) is 6.07 Å². The van der Waals surface area contributed by atoms with Crippen LogP contribution in [-0.2, 0) is 0 Å². The summed E-state index contributed by atoms with van der Waals surface area (Å²) in [7, 11) is 0. The second-order valence-electron chi connectivity index (χ2n) is 4.78. The van der Waals surface area contributed by atoms with Gasteiger partial charge < -0.3 is 4.90 Å². The minimum atomic E-state index is -0.529. The molecule has 1 aromatic carbocycles. The number of benzene rings is 1. The fourth-order valence-corrected chi connectivity index (χ4v) is 4.20. The summed E-state index contributed by atoms with van der Waals surface area (Å²) in [5, 5.41) is 0.853. The molecule has 0 radical (unpaired) electrons. The highest BCUT2D eigenvalue weighted by atomic mass is 35.5. The third-order valence-electron chi connectivity index (χ3n) is 3.33. The van der Waals surface area contributed by atoms with Gasteiger partial charge in [0.15, 0.2) is 0 Å². The molecular formula is C15H11Cl2FN2OS. The quantitative estimate of drug-likeness (QED) is 0.798. The van der Waals surface area contributed by atoms with Gasteiger partial charge in [0, 0.05) is 34.1 Å². The largest absolute Gasteiger partial charge is 0.322 e. The highest BCUT2D eigenvalue weighted by molar-refractivity contribution is 7.99. The van der Waals surface area contributed by atoms with E-state index < -0.39 is 5.82 Å². The highest BCUT2D eigenvalue weighted by Gasteiger charge is 2.32. The van der Waals surface area contributed by atoms with Crippen molar-refractivity contribution in [3.8, 4) is 0 Å². The molecule has 0 aliphatic carbocycles. The van der Waals surface area contributed by atoms with Crippen LogP contribution in [0.1, 0.15) is 21.3 Å². The zero-order valence-corrected chi connectivity index (χ0v) is 13.6. The monoisotopic (exact) mass is 356 g/mol. The van der Waals surface area contributed by atoms with Gasteiger partial charge in [0.25, 0.3) is 5.91 Å². The lowest BCUT2D eigenvalue weighted by molar-refractivity contribution is 0.0759. The van der Waals surface area contributed by atoms with Gasteiger partial charge in [-0.1, -0.05) is 29.3 Å². The van der Waals surface area contributed by atoms with Crippen molar-refractivity contribution in [1.29, 1.82) is 0 Å². The standard InChI is InChI=1S/C15H11Cl2FN2OS/c16-10-1-2-12(13(17)6-10)15-20(3-4-22-15)14(21)9-5-11(18)8-19-7-9/h1-2,5-8,15H,3-4H2. The molecule has 7 heteroatoms. The van der Waals surface area contributed by atoms with Crippen molar-refractivity contribution in [2.75, 3.05) is 12.3 Å². The van der Waals surface area contributed by atoms with Crippen molar-refractivity contribution in [2.45, 2.75) is 5.37 Å². The molecular weight excluding hydrogens is 346 g/mol. The summed E-state index contributed by atoms with van der Waals surface area (Å²) in [4.78, 5) is 18.0. The first-order valence-corrected chi connectivity index (χ1v) is 8.35. The Balaban J connectivity index is 1.91. The molecule has 1 atom stereocenters. The van der Waals surface area contributed by atoms with Gasteiger partial charge in [-0.15, -0.1) is 11.8 Å². The Morgan fingerprint density at radius 1 is 1.32 bits per heavy atom. The zero-order chi connectivity index (χ0) is 15.7. The van der Waals surface area contributed by atoms with E-state index in [1.165, 1.54) is 12.3 Å². The van der Waals surface area contributed by atoms with Gasteiger partial charge in [-0.2, -0.15) is 0 Å². The lowest BCUT2D eigenvalue weighted by Gasteiger charge is -2.25. The van der Waals surface area contributed by atoms with Crippen molar-refractivity contribution in [2.24, 2.45) is 0 Å². The SMILES string of the molecule is O=C(c1cncc(F)c1)N1CCSC1c1ccc(Cl)cc1Cl. The molecule has 3 rings (SSSR count). The number of pyridine rings is 1. The molecule has 1 aliphatic rings. The Morgan fingerprint density at radius 2 is 2.14 bits per heavy atom. The number of halogens is 3. The smallest absolute Gasteiger partial charge is 0.256 e. The summed E-state index contributed by atoms with van der Waals surface area (Å²) < 4.78 is 13.3. The number of thioether (sulfide) groups is 1. The molecule has 1 fully saturated rings. The van der Waals surface area contributed by atoms with Crippen LogP contribution in [0.3, 0.4) is 0 Å². The lowest BCUT2D eigenvalue weighted by Crippen LogP contribution is -2.30. The van der Waals surface area contributed by atoms with E-state index in [0.29, 0.717) is 16.6 Å². The van der Waals surface area contributed by atoms with Crippen LogP contribution >= 0.6 is 35.0 Å². The molecule has 1 aromatic heterocycles. The molecule has 0 N–H and O–H groups in total. The first-order valence-electron chi connectivity index (χ1n) is 6.54. The Morgan fingerprint density at radius 3 is 2.86 bits per heavy atom. The van der Waals surface area contributed by atoms with E-state index >= 15 is 0 Å². The van der Waals surface area contributed by atoms with Crippen molar-refractivity contribution in [3.05, 3.63) is 63.6 Å². The molecule has 0 spiro atoms. The second-order valence-corrected chi connectivity index (χ2v) is 6.81. The number of rotatable bonds is 2. The number of carbonyl (C=O) groups is 1. The van der Waals surface area contributed by atoms with Gasteiger partial charge in [0.05, 0.1) is 11.8 Å². The first kappa shape index (κ1) is 15.6. The van der Waals surface area contributed by atoms with Crippen LogP contribution < -0.4 is 0 Å². The highest BCUT2D eigenvalue weighted by Crippen LogP contribution is 2.42. The topological polar surface area (TPSA) is 33.2 Å². The summed E-state index contributed by atoms with van der Waals surface area (Å²) in [6.07, 6.45) is 2.44. The predicted molar refractivity (Wildman–Crippen MR) is 86.9 cm³/mol. The molecule has 2 aromatic rings. The Hall–Kier alpha value is -1.30. The van der Waals surface area contributed by atoms with Gasteiger partial charge in [-0.05, 0) is 18.2 Å². The summed E-state index contributed by atoms with van der Waals surface area (Å²) in [6.45, 7) is 0.573. The molecule has 1 unspecified atom stereocenters. The first-order chi connectivity index (χ1) is 10.6. The van der Waals surface area contributed by atoms with Gasteiger partial charge in [-0.3, -0.25) is 9.78 Å².